The summed E-state index contributed by atoms with van der Waals surface area (Å²) in [5.41, 5.74) is -4.06. The van der Waals surface area contributed by atoms with Crippen LogP contribution in [0.3, 0.4) is 0 Å². The minimum atomic E-state index is -1.67. The van der Waals surface area contributed by atoms with Crippen molar-refractivity contribution in [3.05, 3.63) is 17.6 Å². The van der Waals surface area contributed by atoms with Crippen molar-refractivity contribution in [2.24, 2.45) is 0 Å². The highest BCUT2D eigenvalue weighted by Gasteiger charge is 2.53. The molecule has 0 N–H and O–H groups in total. The summed E-state index contributed by atoms with van der Waals surface area (Å²) in [6.07, 6.45) is 2.22. The Balaban J connectivity index is 1.61. The first-order valence-corrected chi connectivity index (χ1v) is 10.4. The molecule has 0 bridgehead atoms. The van der Waals surface area contributed by atoms with E-state index in [-0.39, 0.29) is 31.7 Å². The highest BCUT2D eigenvalue weighted by Crippen LogP contribution is 2.39. The molecule has 0 spiro atoms. The molecule has 0 aliphatic carbocycles. The van der Waals surface area contributed by atoms with Crippen molar-refractivity contribution >= 4 is 19.3 Å². The first-order chi connectivity index (χ1) is 14.1. The van der Waals surface area contributed by atoms with Crippen LogP contribution in [0.25, 0.3) is 6.08 Å². The fourth-order valence-electron chi connectivity index (χ4n) is 3.36. The third-order valence-corrected chi connectivity index (χ3v) is 5.72. The van der Waals surface area contributed by atoms with Crippen LogP contribution in [0.2, 0.25) is 0 Å². The lowest BCUT2D eigenvalue weighted by Gasteiger charge is -2.32. The molecular formula is C20H31BF2N4O4. The average Bonchev–Trinajstić information content (AvgIpc) is 3.24. The van der Waals surface area contributed by atoms with E-state index in [0.717, 1.165) is 6.08 Å². The summed E-state index contributed by atoms with van der Waals surface area (Å²) in [4.78, 5) is 13.5. The lowest BCUT2D eigenvalue weighted by molar-refractivity contribution is 0.00578. The third-order valence-electron chi connectivity index (χ3n) is 5.72. The van der Waals surface area contributed by atoms with Gasteiger partial charge in [-0.25, -0.2) is 18.3 Å². The monoisotopic (exact) mass is 440 g/mol. The van der Waals surface area contributed by atoms with Gasteiger partial charge in [-0.15, -0.1) is 5.10 Å². The van der Waals surface area contributed by atoms with Gasteiger partial charge in [0.2, 0.25) is 0 Å². The third kappa shape index (κ3) is 5.44. The van der Waals surface area contributed by atoms with Crippen LogP contribution in [0, 0.1) is 0 Å². The van der Waals surface area contributed by atoms with Crippen LogP contribution in [0.4, 0.5) is 13.6 Å². The van der Waals surface area contributed by atoms with Crippen LogP contribution >= 0.6 is 0 Å². The van der Waals surface area contributed by atoms with E-state index in [1.54, 1.807) is 20.8 Å². The first kappa shape index (κ1) is 23.7. The van der Waals surface area contributed by atoms with Gasteiger partial charge in [-0.3, -0.25) is 0 Å². The lowest BCUT2D eigenvalue weighted by Crippen LogP contribution is -2.41. The molecule has 0 aromatic carbocycles. The van der Waals surface area contributed by atoms with E-state index in [0.29, 0.717) is 0 Å². The number of ether oxygens (including phenoxy) is 1. The molecule has 1 atom stereocenters. The number of alkyl halides is 1. The second-order valence-corrected chi connectivity index (χ2v) is 10.3. The van der Waals surface area contributed by atoms with Crippen LogP contribution in [0.5, 0.6) is 0 Å². The molecular weight excluding hydrogens is 409 g/mol. The molecule has 0 saturated carbocycles. The van der Waals surface area contributed by atoms with E-state index < -0.39 is 41.4 Å². The van der Waals surface area contributed by atoms with Gasteiger partial charge in [-0.05, 0) is 54.5 Å². The second kappa shape index (κ2) is 7.84. The normalized spacial score (nSPS) is 25.9. The Morgan fingerprint density at radius 2 is 1.90 bits per heavy atom. The number of carbonyl (C=O) groups is 1. The standard InChI is InChI=1S/C20H31BF2N4O4/c1-17(2,3)29-16(28)26-9-8-20(23,12-26)13-27-11-14(24-25-27)10-15(22)21-30-18(4,5)19(6,7)31-21/h10-11H,8-9,12-13H2,1-7H3. The number of hydrogen-bond acceptors (Lipinski definition) is 6. The van der Waals surface area contributed by atoms with E-state index >= 15 is 4.39 Å². The molecule has 3 heterocycles. The lowest BCUT2D eigenvalue weighted by atomic mass is 9.87. The van der Waals surface area contributed by atoms with Crippen molar-refractivity contribution < 1.29 is 27.6 Å². The number of hydrogen-bond donors (Lipinski definition) is 0. The zero-order valence-electron chi connectivity index (χ0n) is 19.2. The number of amides is 1. The van der Waals surface area contributed by atoms with Gasteiger partial charge in [0.1, 0.15) is 22.7 Å². The Kier molecular flexibility index (Phi) is 5.99. The second-order valence-electron chi connectivity index (χ2n) is 10.3. The topological polar surface area (TPSA) is 78.7 Å². The summed E-state index contributed by atoms with van der Waals surface area (Å²) in [6.45, 7) is 12.7. The number of likely N-dealkylation sites (tertiary alicyclic amines) is 1. The maximum absolute atomic E-state index is 15.3. The van der Waals surface area contributed by atoms with Crippen LogP contribution < -0.4 is 0 Å². The number of halogens is 2. The Bertz CT molecular complexity index is 852. The van der Waals surface area contributed by atoms with E-state index in [4.69, 9.17) is 14.0 Å². The summed E-state index contributed by atoms with van der Waals surface area (Å²) >= 11 is 0. The summed E-state index contributed by atoms with van der Waals surface area (Å²) in [7, 11) is -1.14. The van der Waals surface area contributed by atoms with Gasteiger partial charge in [0.15, 0.2) is 0 Å². The SMILES string of the molecule is CC(C)(C)OC(=O)N1CCC(F)(Cn2cc(C=C(F)B3OC(C)(C)C(C)(C)O3)nn2)C1. The van der Waals surface area contributed by atoms with Crippen molar-refractivity contribution in [1.82, 2.24) is 19.9 Å². The molecule has 1 aromatic rings. The van der Waals surface area contributed by atoms with Crippen LogP contribution in [-0.2, 0) is 20.6 Å². The average molecular weight is 440 g/mol. The van der Waals surface area contributed by atoms with Crippen molar-refractivity contribution in [3.63, 3.8) is 0 Å². The molecule has 11 heteroatoms. The van der Waals surface area contributed by atoms with Gasteiger partial charge >= 0.3 is 13.2 Å². The zero-order chi connectivity index (χ0) is 23.2. The fourth-order valence-corrected chi connectivity index (χ4v) is 3.36. The van der Waals surface area contributed by atoms with Crippen LogP contribution in [0.1, 0.15) is 60.6 Å². The van der Waals surface area contributed by atoms with Gasteiger partial charge in [0.25, 0.3) is 0 Å². The van der Waals surface area contributed by atoms with E-state index in [9.17, 15) is 9.18 Å². The van der Waals surface area contributed by atoms with Crippen molar-refractivity contribution in [2.75, 3.05) is 13.1 Å². The predicted octanol–water partition coefficient (Wildman–Crippen LogP) is 3.57. The largest absolute Gasteiger partial charge is 0.525 e. The number of rotatable bonds is 4. The molecule has 0 radical (unpaired) electrons. The molecule has 3 rings (SSSR count). The molecule has 172 valence electrons. The van der Waals surface area contributed by atoms with Crippen molar-refractivity contribution in [2.45, 2.75) is 83.9 Å². The van der Waals surface area contributed by atoms with Gasteiger partial charge in [0.05, 0.1) is 30.5 Å². The van der Waals surface area contributed by atoms with Crippen LogP contribution in [-0.4, -0.2) is 68.7 Å². The predicted molar refractivity (Wildman–Crippen MR) is 111 cm³/mol. The summed E-state index contributed by atoms with van der Waals surface area (Å²) in [5, 5.41) is 7.78. The Morgan fingerprint density at radius 3 is 2.48 bits per heavy atom. The zero-order valence-corrected chi connectivity index (χ0v) is 19.2. The quantitative estimate of drug-likeness (QED) is 0.667. The van der Waals surface area contributed by atoms with Gasteiger partial charge in [0, 0.05) is 13.0 Å². The molecule has 2 saturated heterocycles. The molecule has 2 fully saturated rings. The number of aromatic nitrogens is 3. The van der Waals surface area contributed by atoms with E-state index in [1.807, 2.05) is 27.7 Å². The number of carbonyl (C=O) groups excluding carboxylic acids is 1. The smallest absolute Gasteiger partial charge is 0.444 e. The Hall–Kier alpha value is -2.01. The summed E-state index contributed by atoms with van der Waals surface area (Å²) in [5.74, 6) is 0. The fraction of sp³-hybridized carbons (Fsp3) is 0.750. The van der Waals surface area contributed by atoms with Crippen molar-refractivity contribution in [3.8, 4) is 0 Å². The maximum atomic E-state index is 15.3. The molecule has 2 aliphatic rings. The minimum Gasteiger partial charge on any atom is -0.444 e. The highest BCUT2D eigenvalue weighted by molar-refractivity contribution is 6.54. The summed E-state index contributed by atoms with van der Waals surface area (Å²) < 4.78 is 47.9. The minimum absolute atomic E-state index is 0.102. The molecule has 1 unspecified atom stereocenters. The Morgan fingerprint density at radius 1 is 1.29 bits per heavy atom. The summed E-state index contributed by atoms with van der Waals surface area (Å²) in [6, 6.07) is 0. The van der Waals surface area contributed by atoms with Crippen LogP contribution in [0.15, 0.2) is 11.9 Å². The molecule has 1 amide bonds. The van der Waals surface area contributed by atoms with E-state index in [2.05, 4.69) is 10.3 Å². The van der Waals surface area contributed by atoms with Gasteiger partial charge in [-0.2, -0.15) is 0 Å². The molecule has 2 aliphatic heterocycles. The molecule has 31 heavy (non-hydrogen) atoms. The van der Waals surface area contributed by atoms with Gasteiger partial charge in [-0.1, -0.05) is 5.21 Å². The molecule has 1 aromatic heterocycles. The maximum Gasteiger partial charge on any atom is 0.525 e. The van der Waals surface area contributed by atoms with Gasteiger partial charge < -0.3 is 18.9 Å². The van der Waals surface area contributed by atoms with Crippen molar-refractivity contribution in [1.29, 1.82) is 0 Å². The Labute approximate surface area is 182 Å². The first-order valence-electron chi connectivity index (χ1n) is 10.4. The number of nitrogens with zero attached hydrogens (tertiary/aromatic N) is 4. The molecule has 8 nitrogen and oxygen atoms in total. The van der Waals surface area contributed by atoms with E-state index in [1.165, 1.54) is 15.8 Å². The highest BCUT2D eigenvalue weighted by atomic mass is 19.1.